The maximum atomic E-state index is 12.5. The van der Waals surface area contributed by atoms with Crippen molar-refractivity contribution in [2.24, 2.45) is 5.92 Å². The zero-order valence-corrected chi connectivity index (χ0v) is 12.4. The van der Waals surface area contributed by atoms with Crippen molar-refractivity contribution in [2.45, 2.75) is 32.8 Å². The lowest BCUT2D eigenvalue weighted by Crippen LogP contribution is -2.42. The van der Waals surface area contributed by atoms with Gasteiger partial charge >= 0.3 is 0 Å². The molecule has 5 heteroatoms. The number of aryl methyl sites for hydroxylation is 1. The largest absolute Gasteiger partial charge is 0.449 e. The zero-order chi connectivity index (χ0) is 15.0. The van der Waals surface area contributed by atoms with Gasteiger partial charge in [-0.05, 0) is 38.8 Å². The van der Waals surface area contributed by atoms with E-state index in [2.05, 4.69) is 4.98 Å². The van der Waals surface area contributed by atoms with Crippen molar-refractivity contribution in [1.29, 1.82) is 0 Å². The van der Waals surface area contributed by atoms with Crippen molar-refractivity contribution in [2.75, 3.05) is 13.1 Å². The number of hydrogen-bond donors (Lipinski definition) is 1. The SMILES string of the molecule is Cc1ccc2oc(C(=O)N3CCC[C@@H]([C@@H](C)O)C3)cc2n1. The predicted molar refractivity (Wildman–Crippen MR) is 79.1 cm³/mol. The average molecular weight is 288 g/mol. The number of amides is 1. The number of fused-ring (bicyclic) bond motifs is 1. The topological polar surface area (TPSA) is 66.6 Å². The second kappa shape index (κ2) is 5.48. The van der Waals surface area contributed by atoms with E-state index in [1.54, 1.807) is 17.9 Å². The molecule has 112 valence electrons. The fourth-order valence-electron chi connectivity index (χ4n) is 2.88. The van der Waals surface area contributed by atoms with Crippen molar-refractivity contribution in [1.82, 2.24) is 9.88 Å². The molecule has 1 aliphatic heterocycles. The first-order chi connectivity index (χ1) is 10.0. The lowest BCUT2D eigenvalue weighted by atomic mass is 9.93. The molecule has 3 heterocycles. The van der Waals surface area contributed by atoms with E-state index >= 15 is 0 Å². The molecule has 0 bridgehead atoms. The molecule has 0 unspecified atom stereocenters. The third kappa shape index (κ3) is 2.78. The third-order valence-corrected chi connectivity index (χ3v) is 4.15. The number of carbonyl (C=O) groups is 1. The smallest absolute Gasteiger partial charge is 0.289 e. The Balaban J connectivity index is 1.82. The highest BCUT2D eigenvalue weighted by Gasteiger charge is 2.28. The molecule has 1 aliphatic rings. The summed E-state index contributed by atoms with van der Waals surface area (Å²) in [5.41, 5.74) is 2.24. The van der Waals surface area contributed by atoms with Gasteiger partial charge < -0.3 is 14.4 Å². The molecule has 0 spiro atoms. The monoisotopic (exact) mass is 288 g/mol. The number of piperidine rings is 1. The van der Waals surface area contributed by atoms with Gasteiger partial charge in [-0.1, -0.05) is 0 Å². The molecule has 1 saturated heterocycles. The lowest BCUT2D eigenvalue weighted by molar-refractivity contribution is 0.0444. The minimum absolute atomic E-state index is 0.115. The second-order valence-corrected chi connectivity index (χ2v) is 5.84. The first-order valence-corrected chi connectivity index (χ1v) is 7.39. The molecule has 1 fully saturated rings. The van der Waals surface area contributed by atoms with Crippen molar-refractivity contribution in [3.8, 4) is 0 Å². The number of rotatable bonds is 2. The van der Waals surface area contributed by atoms with Crippen molar-refractivity contribution in [3.05, 3.63) is 29.7 Å². The van der Waals surface area contributed by atoms with E-state index < -0.39 is 0 Å². The summed E-state index contributed by atoms with van der Waals surface area (Å²) in [6.07, 6.45) is 1.49. The molecule has 1 N–H and O–H groups in total. The van der Waals surface area contributed by atoms with Gasteiger partial charge in [0.2, 0.25) is 0 Å². The lowest BCUT2D eigenvalue weighted by Gasteiger charge is -2.33. The Bertz CT molecular complexity index is 663. The van der Waals surface area contributed by atoms with Gasteiger partial charge in [-0.3, -0.25) is 4.79 Å². The summed E-state index contributed by atoms with van der Waals surface area (Å²) in [4.78, 5) is 18.7. The number of aliphatic hydroxyl groups is 1. The normalized spacial score (nSPS) is 20.7. The van der Waals surface area contributed by atoms with Crippen LogP contribution in [0.5, 0.6) is 0 Å². The molecule has 21 heavy (non-hydrogen) atoms. The highest BCUT2D eigenvalue weighted by molar-refractivity contribution is 5.95. The molecule has 0 aliphatic carbocycles. The quantitative estimate of drug-likeness (QED) is 0.921. The van der Waals surface area contributed by atoms with E-state index in [-0.39, 0.29) is 17.9 Å². The highest BCUT2D eigenvalue weighted by Crippen LogP contribution is 2.24. The van der Waals surface area contributed by atoms with Gasteiger partial charge in [0.15, 0.2) is 11.3 Å². The minimum Gasteiger partial charge on any atom is -0.449 e. The molecule has 5 nitrogen and oxygen atoms in total. The summed E-state index contributed by atoms with van der Waals surface area (Å²) in [5, 5.41) is 9.72. The first-order valence-electron chi connectivity index (χ1n) is 7.39. The van der Waals surface area contributed by atoms with Gasteiger partial charge in [0.1, 0.15) is 5.52 Å². The van der Waals surface area contributed by atoms with Crippen LogP contribution in [0.2, 0.25) is 0 Å². The second-order valence-electron chi connectivity index (χ2n) is 5.84. The van der Waals surface area contributed by atoms with E-state index in [0.29, 0.717) is 29.9 Å². The Labute approximate surface area is 123 Å². The number of furan rings is 1. The molecule has 0 aromatic carbocycles. The van der Waals surface area contributed by atoms with Crippen molar-refractivity contribution in [3.63, 3.8) is 0 Å². The Morgan fingerprint density at radius 3 is 3.10 bits per heavy atom. The van der Waals surface area contributed by atoms with Crippen LogP contribution in [-0.4, -0.2) is 40.1 Å². The number of carbonyl (C=O) groups excluding carboxylic acids is 1. The summed E-state index contributed by atoms with van der Waals surface area (Å²) in [7, 11) is 0. The van der Waals surface area contributed by atoms with Crippen LogP contribution >= 0.6 is 0 Å². The molecular formula is C16H20N2O3. The maximum absolute atomic E-state index is 12.5. The van der Waals surface area contributed by atoms with Gasteiger partial charge in [-0.25, -0.2) is 4.98 Å². The molecule has 1 amide bonds. The Morgan fingerprint density at radius 2 is 2.33 bits per heavy atom. The molecule has 0 saturated carbocycles. The summed E-state index contributed by atoms with van der Waals surface area (Å²) in [5.74, 6) is 0.359. The van der Waals surface area contributed by atoms with Gasteiger partial charge in [-0.2, -0.15) is 0 Å². The van der Waals surface area contributed by atoms with Gasteiger partial charge in [0.05, 0.1) is 6.10 Å². The Kier molecular flexibility index (Phi) is 3.68. The van der Waals surface area contributed by atoms with E-state index in [1.807, 2.05) is 19.1 Å². The number of likely N-dealkylation sites (tertiary alicyclic amines) is 1. The van der Waals surface area contributed by atoms with Crippen molar-refractivity contribution < 1.29 is 14.3 Å². The molecule has 2 aromatic rings. The van der Waals surface area contributed by atoms with Crippen LogP contribution in [0.25, 0.3) is 11.1 Å². The van der Waals surface area contributed by atoms with Gasteiger partial charge in [-0.15, -0.1) is 0 Å². The summed E-state index contributed by atoms with van der Waals surface area (Å²) >= 11 is 0. The van der Waals surface area contributed by atoms with E-state index in [1.165, 1.54) is 0 Å². The van der Waals surface area contributed by atoms with Crippen LogP contribution in [0, 0.1) is 12.8 Å². The highest BCUT2D eigenvalue weighted by atomic mass is 16.3. The minimum atomic E-state index is -0.388. The number of pyridine rings is 1. The molecule has 2 atom stereocenters. The molecular weight excluding hydrogens is 268 g/mol. The number of nitrogens with zero attached hydrogens (tertiary/aromatic N) is 2. The van der Waals surface area contributed by atoms with Crippen LogP contribution < -0.4 is 0 Å². The van der Waals surface area contributed by atoms with Crippen LogP contribution in [0.15, 0.2) is 22.6 Å². The van der Waals surface area contributed by atoms with Gasteiger partial charge in [0.25, 0.3) is 5.91 Å². The zero-order valence-electron chi connectivity index (χ0n) is 12.4. The van der Waals surface area contributed by atoms with Crippen LogP contribution in [0.1, 0.15) is 36.0 Å². The third-order valence-electron chi connectivity index (χ3n) is 4.15. The standard InChI is InChI=1S/C16H20N2O3/c1-10-5-6-14-13(17-10)8-15(21-14)16(20)18-7-3-4-12(9-18)11(2)19/h5-6,8,11-12,19H,3-4,7,9H2,1-2H3/t11-,12-/m1/s1. The van der Waals surface area contributed by atoms with E-state index in [4.69, 9.17) is 4.42 Å². The number of hydrogen-bond acceptors (Lipinski definition) is 4. The van der Waals surface area contributed by atoms with Gasteiger partial charge in [0, 0.05) is 30.8 Å². The van der Waals surface area contributed by atoms with Crippen LogP contribution in [0.4, 0.5) is 0 Å². The van der Waals surface area contributed by atoms with E-state index in [9.17, 15) is 9.90 Å². The summed E-state index contributed by atoms with van der Waals surface area (Å²) in [6, 6.07) is 5.41. The Morgan fingerprint density at radius 1 is 1.52 bits per heavy atom. The molecule has 0 radical (unpaired) electrons. The molecule has 2 aromatic heterocycles. The van der Waals surface area contributed by atoms with E-state index in [0.717, 1.165) is 18.5 Å². The average Bonchev–Trinajstić information content (AvgIpc) is 2.89. The van der Waals surface area contributed by atoms with Crippen LogP contribution in [0.3, 0.4) is 0 Å². The summed E-state index contributed by atoms with van der Waals surface area (Å²) in [6.45, 7) is 4.99. The van der Waals surface area contributed by atoms with Crippen LogP contribution in [-0.2, 0) is 0 Å². The number of aliphatic hydroxyl groups excluding tert-OH is 1. The summed E-state index contributed by atoms with van der Waals surface area (Å²) < 4.78 is 5.62. The predicted octanol–water partition coefficient (Wildman–Crippen LogP) is 2.37. The Hall–Kier alpha value is -1.88. The molecule has 3 rings (SSSR count). The maximum Gasteiger partial charge on any atom is 0.289 e. The first kappa shape index (κ1) is 14.1. The fraction of sp³-hybridized carbons (Fsp3) is 0.500. The number of aromatic nitrogens is 1. The fourth-order valence-corrected chi connectivity index (χ4v) is 2.88. The van der Waals surface area contributed by atoms with Crippen molar-refractivity contribution >= 4 is 17.0 Å².